The summed E-state index contributed by atoms with van der Waals surface area (Å²) in [5.74, 6) is 0.731. The van der Waals surface area contributed by atoms with E-state index in [2.05, 4.69) is 32.2 Å². The molecule has 0 spiro atoms. The average molecular weight is 309 g/mol. The van der Waals surface area contributed by atoms with Gasteiger partial charge in [0.1, 0.15) is 12.2 Å². The number of carbonyl (C=O) groups excluding carboxylic acids is 1. The van der Waals surface area contributed by atoms with Crippen molar-refractivity contribution in [1.29, 1.82) is 0 Å². The van der Waals surface area contributed by atoms with Gasteiger partial charge in [-0.15, -0.1) is 10.2 Å². The molecule has 0 aliphatic carbocycles. The Morgan fingerprint density at radius 2 is 2.17 bits per heavy atom. The number of nitrogens with zero attached hydrogens (tertiary/aromatic N) is 4. The molecule has 0 saturated carbocycles. The lowest BCUT2D eigenvalue weighted by Crippen LogP contribution is -2.25. The van der Waals surface area contributed by atoms with Gasteiger partial charge in [0.15, 0.2) is 0 Å². The molecule has 0 aliphatic rings. The van der Waals surface area contributed by atoms with Crippen molar-refractivity contribution in [2.24, 2.45) is 7.05 Å². The van der Waals surface area contributed by atoms with Crippen LogP contribution in [0.2, 0.25) is 0 Å². The van der Waals surface area contributed by atoms with E-state index in [0.717, 1.165) is 22.3 Å². The molecule has 23 heavy (non-hydrogen) atoms. The number of amides is 1. The summed E-state index contributed by atoms with van der Waals surface area (Å²) in [7, 11) is 2.00. The van der Waals surface area contributed by atoms with E-state index in [1.165, 1.54) is 0 Å². The molecule has 0 atom stereocenters. The number of hydrogen-bond acceptors (Lipinski definition) is 3. The first-order valence-electron chi connectivity index (χ1n) is 7.49. The molecule has 6 heteroatoms. The smallest absolute Gasteiger partial charge is 0.244 e. The van der Waals surface area contributed by atoms with Gasteiger partial charge in [-0.2, -0.15) is 0 Å². The highest BCUT2D eigenvalue weighted by atomic mass is 16.1. The molecule has 0 unspecified atom stereocenters. The van der Waals surface area contributed by atoms with Gasteiger partial charge in [0.25, 0.3) is 0 Å². The van der Waals surface area contributed by atoms with Crippen LogP contribution in [0.3, 0.4) is 0 Å². The van der Waals surface area contributed by atoms with Crippen LogP contribution in [-0.2, 0) is 18.4 Å². The zero-order valence-electron chi connectivity index (χ0n) is 13.2. The Hall–Kier alpha value is -2.89. The van der Waals surface area contributed by atoms with Gasteiger partial charge in [0.2, 0.25) is 5.91 Å². The Labute approximate surface area is 134 Å². The van der Waals surface area contributed by atoms with Gasteiger partial charge < -0.3 is 14.5 Å². The topological polar surface area (TPSA) is 64.7 Å². The number of para-hydroxylation sites is 1. The lowest BCUT2D eigenvalue weighted by atomic mass is 10.1. The summed E-state index contributed by atoms with van der Waals surface area (Å²) in [5.41, 5.74) is 2.18. The lowest BCUT2D eigenvalue weighted by Gasteiger charge is -2.04. The van der Waals surface area contributed by atoms with Crippen LogP contribution < -0.4 is 5.32 Å². The summed E-state index contributed by atoms with van der Waals surface area (Å²) in [6.45, 7) is 3.08. The molecule has 6 nitrogen and oxygen atoms in total. The van der Waals surface area contributed by atoms with Crippen molar-refractivity contribution in [1.82, 2.24) is 24.6 Å². The van der Waals surface area contributed by atoms with Crippen LogP contribution in [0.5, 0.6) is 0 Å². The maximum Gasteiger partial charge on any atom is 0.244 e. The van der Waals surface area contributed by atoms with Gasteiger partial charge in [-0.1, -0.05) is 18.2 Å². The zero-order valence-corrected chi connectivity index (χ0v) is 13.2. The molecule has 1 aromatic carbocycles. The highest BCUT2D eigenvalue weighted by Gasteiger charge is 2.04. The Morgan fingerprint density at radius 3 is 2.96 bits per heavy atom. The van der Waals surface area contributed by atoms with Gasteiger partial charge in [-0.3, -0.25) is 4.79 Å². The van der Waals surface area contributed by atoms with Crippen LogP contribution in [0.15, 0.2) is 42.9 Å². The number of aryl methyl sites for hydroxylation is 2. The number of aromatic nitrogens is 4. The Bertz CT molecular complexity index is 859. The molecule has 0 radical (unpaired) electrons. The second-order valence-corrected chi connectivity index (χ2v) is 5.41. The third kappa shape index (κ3) is 3.31. The monoisotopic (exact) mass is 309 g/mol. The SMILES string of the molecule is Cc1nncn1CCNC(=O)C=Cc1cn(C)c2ccccc12. The van der Waals surface area contributed by atoms with Crippen LogP contribution in [0.1, 0.15) is 11.4 Å². The second-order valence-electron chi connectivity index (χ2n) is 5.41. The molecule has 3 rings (SSSR count). The summed E-state index contributed by atoms with van der Waals surface area (Å²) in [6, 6.07) is 8.13. The third-order valence-corrected chi connectivity index (χ3v) is 3.80. The first kappa shape index (κ1) is 15.0. The zero-order chi connectivity index (χ0) is 16.2. The van der Waals surface area contributed by atoms with Crippen LogP contribution in [0.25, 0.3) is 17.0 Å². The van der Waals surface area contributed by atoms with E-state index < -0.39 is 0 Å². The van der Waals surface area contributed by atoms with Crippen molar-refractivity contribution in [3.05, 3.63) is 54.3 Å². The van der Waals surface area contributed by atoms with E-state index >= 15 is 0 Å². The molecule has 0 saturated heterocycles. The number of carbonyl (C=O) groups is 1. The van der Waals surface area contributed by atoms with E-state index in [9.17, 15) is 4.79 Å². The second kappa shape index (κ2) is 6.48. The van der Waals surface area contributed by atoms with Crippen LogP contribution >= 0.6 is 0 Å². The largest absolute Gasteiger partial charge is 0.351 e. The fourth-order valence-electron chi connectivity index (χ4n) is 2.56. The number of rotatable bonds is 5. The molecule has 0 bridgehead atoms. The van der Waals surface area contributed by atoms with Crippen molar-refractivity contribution < 1.29 is 4.79 Å². The Kier molecular flexibility index (Phi) is 4.23. The van der Waals surface area contributed by atoms with Crippen LogP contribution in [0.4, 0.5) is 0 Å². The van der Waals surface area contributed by atoms with E-state index in [1.54, 1.807) is 12.4 Å². The molecule has 2 heterocycles. The minimum Gasteiger partial charge on any atom is -0.351 e. The van der Waals surface area contributed by atoms with Gasteiger partial charge in [0.05, 0.1) is 0 Å². The molecular weight excluding hydrogens is 290 g/mol. The number of hydrogen-bond donors (Lipinski definition) is 1. The summed E-state index contributed by atoms with van der Waals surface area (Å²) < 4.78 is 3.95. The third-order valence-electron chi connectivity index (χ3n) is 3.80. The minimum atomic E-state index is -0.108. The maximum absolute atomic E-state index is 11.9. The maximum atomic E-state index is 11.9. The summed E-state index contributed by atoms with van der Waals surface area (Å²) >= 11 is 0. The van der Waals surface area contributed by atoms with Crippen LogP contribution in [-0.4, -0.2) is 31.8 Å². The Balaban J connectivity index is 1.60. The van der Waals surface area contributed by atoms with Crippen molar-refractivity contribution >= 4 is 22.9 Å². The fourth-order valence-corrected chi connectivity index (χ4v) is 2.56. The van der Waals surface area contributed by atoms with Crippen molar-refractivity contribution in [2.75, 3.05) is 6.54 Å². The molecule has 1 N–H and O–H groups in total. The number of nitrogens with one attached hydrogen (secondary N) is 1. The van der Waals surface area contributed by atoms with Gasteiger partial charge >= 0.3 is 0 Å². The van der Waals surface area contributed by atoms with E-state index in [4.69, 9.17) is 0 Å². The quantitative estimate of drug-likeness (QED) is 0.732. The summed E-state index contributed by atoms with van der Waals surface area (Å²) in [4.78, 5) is 11.9. The highest BCUT2D eigenvalue weighted by molar-refractivity contribution is 5.96. The minimum absolute atomic E-state index is 0.108. The molecule has 1 amide bonds. The molecular formula is C17H19N5O. The first-order chi connectivity index (χ1) is 11.1. The lowest BCUT2D eigenvalue weighted by molar-refractivity contribution is -0.116. The van der Waals surface area contributed by atoms with Gasteiger partial charge in [-0.25, -0.2) is 0 Å². The van der Waals surface area contributed by atoms with E-state index in [1.807, 2.05) is 42.9 Å². The van der Waals surface area contributed by atoms with Gasteiger partial charge in [-0.05, 0) is 19.1 Å². The molecule has 2 aromatic heterocycles. The van der Waals surface area contributed by atoms with Crippen molar-refractivity contribution in [3.63, 3.8) is 0 Å². The highest BCUT2D eigenvalue weighted by Crippen LogP contribution is 2.21. The molecule has 0 fully saturated rings. The van der Waals surface area contributed by atoms with Crippen molar-refractivity contribution in [2.45, 2.75) is 13.5 Å². The van der Waals surface area contributed by atoms with Crippen LogP contribution in [0, 0.1) is 6.92 Å². The molecule has 3 aromatic rings. The van der Waals surface area contributed by atoms with Gasteiger partial charge in [0, 0.05) is 48.9 Å². The number of benzene rings is 1. The normalized spacial score (nSPS) is 11.4. The fraction of sp³-hybridized carbons (Fsp3) is 0.235. The average Bonchev–Trinajstić information content (AvgIpc) is 3.10. The predicted molar refractivity (Wildman–Crippen MR) is 89.7 cm³/mol. The predicted octanol–water partition coefficient (Wildman–Crippen LogP) is 1.91. The van der Waals surface area contributed by atoms with Crippen molar-refractivity contribution in [3.8, 4) is 0 Å². The summed E-state index contributed by atoms with van der Waals surface area (Å²) in [6.07, 6.45) is 7.10. The first-order valence-corrected chi connectivity index (χ1v) is 7.49. The van der Waals surface area contributed by atoms with E-state index in [0.29, 0.717) is 13.1 Å². The standard InChI is InChI=1S/C17H19N5O/c1-13-20-19-12-22(13)10-9-18-17(23)8-7-14-11-21(2)16-6-4-3-5-15(14)16/h3-8,11-12H,9-10H2,1-2H3,(H,18,23). The Morgan fingerprint density at radius 1 is 1.35 bits per heavy atom. The molecule has 0 aliphatic heterocycles. The molecule has 118 valence electrons. The van der Waals surface area contributed by atoms with E-state index in [-0.39, 0.29) is 5.91 Å². The summed E-state index contributed by atoms with van der Waals surface area (Å²) in [5, 5.41) is 11.7. The number of fused-ring (bicyclic) bond motifs is 1.